The van der Waals surface area contributed by atoms with Gasteiger partial charge in [-0.2, -0.15) is 0 Å². The molecule has 1 heterocycles. The zero-order valence-electron chi connectivity index (χ0n) is 7.42. The molecule has 3 unspecified atom stereocenters. The quantitative estimate of drug-likeness (QED) is 0.677. The maximum Gasteiger partial charge on any atom is 0.0838 e. The van der Waals surface area contributed by atoms with Crippen molar-refractivity contribution < 1.29 is 9.84 Å². The minimum Gasteiger partial charge on any atom is -0.390 e. The number of hydrogen-bond donors (Lipinski definition) is 1. The molecule has 0 spiro atoms. The van der Waals surface area contributed by atoms with Crippen LogP contribution in [0.15, 0.2) is 0 Å². The first-order valence-corrected chi connectivity index (χ1v) is 4.61. The molecule has 1 fully saturated rings. The van der Waals surface area contributed by atoms with Crippen molar-refractivity contribution in [2.75, 3.05) is 0 Å². The van der Waals surface area contributed by atoms with E-state index in [9.17, 15) is 5.11 Å². The molecule has 0 bridgehead atoms. The Bertz CT molecular complexity index is 114. The van der Waals surface area contributed by atoms with Crippen LogP contribution in [0.5, 0.6) is 0 Å². The summed E-state index contributed by atoms with van der Waals surface area (Å²) in [6.45, 7) is 4.22. The third-order valence-corrected chi connectivity index (χ3v) is 2.33. The van der Waals surface area contributed by atoms with Crippen molar-refractivity contribution in [3.05, 3.63) is 0 Å². The van der Waals surface area contributed by atoms with E-state index in [1.54, 1.807) is 0 Å². The molecule has 3 atom stereocenters. The second-order valence-electron chi connectivity index (χ2n) is 3.30. The van der Waals surface area contributed by atoms with Crippen molar-refractivity contribution in [3.8, 4) is 0 Å². The first-order valence-electron chi connectivity index (χ1n) is 4.61. The predicted molar refractivity (Wildman–Crippen MR) is 44.5 cm³/mol. The summed E-state index contributed by atoms with van der Waals surface area (Å²) in [6, 6.07) is 0. The fraction of sp³-hybridized carbons (Fsp3) is 1.00. The Morgan fingerprint density at radius 2 is 2.18 bits per heavy atom. The molecule has 1 rings (SSSR count). The lowest BCUT2D eigenvalue weighted by Gasteiger charge is -2.12. The van der Waals surface area contributed by atoms with Crippen LogP contribution in [0.2, 0.25) is 0 Å². The van der Waals surface area contributed by atoms with E-state index in [0.29, 0.717) is 6.10 Å². The molecule has 0 aromatic heterocycles. The molecule has 1 aliphatic heterocycles. The summed E-state index contributed by atoms with van der Waals surface area (Å²) < 4.78 is 5.61. The molecule has 0 aromatic rings. The molecular formula is C9H18O2. The number of aliphatic hydroxyl groups is 1. The van der Waals surface area contributed by atoms with Crippen LogP contribution in [0.1, 0.15) is 39.5 Å². The molecule has 0 aliphatic carbocycles. The topological polar surface area (TPSA) is 29.5 Å². The lowest BCUT2D eigenvalue weighted by molar-refractivity contribution is 0.00427. The van der Waals surface area contributed by atoms with E-state index in [2.05, 4.69) is 13.8 Å². The fourth-order valence-electron chi connectivity index (χ4n) is 1.62. The van der Waals surface area contributed by atoms with Crippen LogP contribution in [-0.4, -0.2) is 23.4 Å². The van der Waals surface area contributed by atoms with E-state index < -0.39 is 0 Å². The lowest BCUT2D eigenvalue weighted by atomic mass is 10.1. The highest BCUT2D eigenvalue weighted by atomic mass is 16.5. The molecule has 1 aliphatic rings. The summed E-state index contributed by atoms with van der Waals surface area (Å²) in [5.74, 6) is 0. The average Bonchev–Trinajstić information content (AvgIpc) is 2.33. The van der Waals surface area contributed by atoms with Gasteiger partial charge in [-0.05, 0) is 12.8 Å². The normalized spacial score (nSPS) is 37.9. The van der Waals surface area contributed by atoms with Gasteiger partial charge in [0.1, 0.15) is 0 Å². The summed E-state index contributed by atoms with van der Waals surface area (Å²) >= 11 is 0. The fourth-order valence-corrected chi connectivity index (χ4v) is 1.62. The standard InChI is InChI=1S/C9H18O2/c1-3-5-9-8(10)6-7(4-2)11-9/h7-10H,3-6H2,1-2H3. The van der Waals surface area contributed by atoms with E-state index in [1.165, 1.54) is 0 Å². The Hall–Kier alpha value is -0.0800. The maximum atomic E-state index is 9.50. The molecule has 0 aromatic carbocycles. The van der Waals surface area contributed by atoms with Gasteiger partial charge in [-0.15, -0.1) is 0 Å². The zero-order chi connectivity index (χ0) is 8.27. The smallest absolute Gasteiger partial charge is 0.0838 e. The largest absolute Gasteiger partial charge is 0.390 e. The van der Waals surface area contributed by atoms with Gasteiger partial charge in [0.25, 0.3) is 0 Å². The highest BCUT2D eigenvalue weighted by Gasteiger charge is 2.31. The molecule has 1 N–H and O–H groups in total. The highest BCUT2D eigenvalue weighted by Crippen LogP contribution is 2.25. The van der Waals surface area contributed by atoms with Crippen molar-refractivity contribution in [1.82, 2.24) is 0 Å². The van der Waals surface area contributed by atoms with Gasteiger partial charge in [0.05, 0.1) is 18.3 Å². The van der Waals surface area contributed by atoms with Crippen LogP contribution < -0.4 is 0 Å². The van der Waals surface area contributed by atoms with Crippen LogP contribution in [0.25, 0.3) is 0 Å². The van der Waals surface area contributed by atoms with Gasteiger partial charge in [0, 0.05) is 6.42 Å². The van der Waals surface area contributed by atoms with Crippen LogP contribution in [-0.2, 0) is 4.74 Å². The molecule has 0 saturated carbocycles. The molecule has 2 nitrogen and oxygen atoms in total. The summed E-state index contributed by atoms with van der Waals surface area (Å²) in [7, 11) is 0. The minimum absolute atomic E-state index is 0.116. The number of hydrogen-bond acceptors (Lipinski definition) is 2. The summed E-state index contributed by atoms with van der Waals surface area (Å²) in [5, 5.41) is 9.50. The molecular weight excluding hydrogens is 140 g/mol. The first-order chi connectivity index (χ1) is 5.27. The van der Waals surface area contributed by atoms with E-state index >= 15 is 0 Å². The Labute approximate surface area is 68.6 Å². The minimum atomic E-state index is -0.208. The second kappa shape index (κ2) is 4.07. The van der Waals surface area contributed by atoms with Gasteiger partial charge in [0.15, 0.2) is 0 Å². The third-order valence-electron chi connectivity index (χ3n) is 2.33. The molecule has 1 saturated heterocycles. The van der Waals surface area contributed by atoms with Crippen molar-refractivity contribution >= 4 is 0 Å². The molecule has 0 amide bonds. The van der Waals surface area contributed by atoms with Gasteiger partial charge in [-0.1, -0.05) is 20.3 Å². The van der Waals surface area contributed by atoms with E-state index in [-0.39, 0.29) is 12.2 Å². The summed E-state index contributed by atoms with van der Waals surface area (Å²) in [5.41, 5.74) is 0. The van der Waals surface area contributed by atoms with Crippen molar-refractivity contribution in [2.24, 2.45) is 0 Å². The average molecular weight is 158 g/mol. The maximum absolute atomic E-state index is 9.50. The van der Waals surface area contributed by atoms with Crippen molar-refractivity contribution in [2.45, 2.75) is 57.8 Å². The Balaban J connectivity index is 2.32. The van der Waals surface area contributed by atoms with Crippen LogP contribution in [0.4, 0.5) is 0 Å². The molecule has 2 heteroatoms. The van der Waals surface area contributed by atoms with E-state index in [4.69, 9.17) is 4.74 Å². The van der Waals surface area contributed by atoms with Crippen molar-refractivity contribution in [3.63, 3.8) is 0 Å². The van der Waals surface area contributed by atoms with E-state index in [1.807, 2.05) is 0 Å². The van der Waals surface area contributed by atoms with Crippen LogP contribution in [0.3, 0.4) is 0 Å². The highest BCUT2D eigenvalue weighted by molar-refractivity contribution is 4.80. The predicted octanol–water partition coefficient (Wildman–Crippen LogP) is 1.71. The zero-order valence-corrected chi connectivity index (χ0v) is 7.42. The van der Waals surface area contributed by atoms with Gasteiger partial charge < -0.3 is 9.84 Å². The van der Waals surface area contributed by atoms with Crippen molar-refractivity contribution in [1.29, 1.82) is 0 Å². The lowest BCUT2D eigenvalue weighted by Crippen LogP contribution is -2.20. The van der Waals surface area contributed by atoms with Gasteiger partial charge in [0.2, 0.25) is 0 Å². The number of rotatable bonds is 3. The first kappa shape index (κ1) is 9.01. The Morgan fingerprint density at radius 1 is 1.45 bits per heavy atom. The van der Waals surface area contributed by atoms with Crippen LogP contribution in [0, 0.1) is 0 Å². The third kappa shape index (κ3) is 2.17. The molecule has 0 radical (unpaired) electrons. The number of aliphatic hydroxyl groups excluding tert-OH is 1. The van der Waals surface area contributed by atoms with Gasteiger partial charge in [-0.3, -0.25) is 0 Å². The molecule has 66 valence electrons. The monoisotopic (exact) mass is 158 g/mol. The molecule has 11 heavy (non-hydrogen) atoms. The van der Waals surface area contributed by atoms with Gasteiger partial charge >= 0.3 is 0 Å². The van der Waals surface area contributed by atoms with Crippen LogP contribution >= 0.6 is 0 Å². The summed E-state index contributed by atoms with van der Waals surface area (Å²) in [6.07, 6.45) is 4.17. The Kier molecular flexibility index (Phi) is 3.34. The van der Waals surface area contributed by atoms with E-state index in [0.717, 1.165) is 25.7 Å². The SMILES string of the molecule is CCCC1OC(CC)CC1O. The number of ether oxygens (including phenoxy) is 1. The van der Waals surface area contributed by atoms with Gasteiger partial charge in [-0.25, -0.2) is 0 Å². The summed E-state index contributed by atoms with van der Waals surface area (Å²) in [4.78, 5) is 0. The Morgan fingerprint density at radius 3 is 2.64 bits per heavy atom. The second-order valence-corrected chi connectivity index (χ2v) is 3.30.